The Morgan fingerprint density at radius 1 is 0.731 bits per heavy atom. The molecule has 0 amide bonds. The van der Waals surface area contributed by atoms with E-state index in [-0.39, 0.29) is 26.1 Å². The van der Waals surface area contributed by atoms with E-state index in [2.05, 4.69) is 0 Å². The molecule has 8 nitrogen and oxygen atoms in total. The molecule has 8 heteroatoms. The van der Waals surface area contributed by atoms with Crippen molar-refractivity contribution in [3.05, 3.63) is 0 Å². The van der Waals surface area contributed by atoms with Gasteiger partial charge in [-0.05, 0) is 41.5 Å². The van der Waals surface area contributed by atoms with Crippen molar-refractivity contribution >= 4 is 11.9 Å². The third kappa shape index (κ3) is 6.19. The molecule has 2 fully saturated rings. The summed E-state index contributed by atoms with van der Waals surface area (Å²) in [6.45, 7) is 11.7. The molecular formula is C18H30O8. The number of esters is 2. The van der Waals surface area contributed by atoms with Crippen LogP contribution in [0.25, 0.3) is 0 Å². The number of carbonyl (C=O) groups is 2. The highest BCUT2D eigenvalue weighted by atomic mass is 16.8. The van der Waals surface area contributed by atoms with E-state index >= 15 is 0 Å². The highest BCUT2D eigenvalue weighted by molar-refractivity contribution is 5.77. The van der Waals surface area contributed by atoms with Crippen molar-refractivity contribution in [2.24, 2.45) is 0 Å². The largest absolute Gasteiger partial charge is 0.462 e. The average molecular weight is 374 g/mol. The van der Waals surface area contributed by atoms with Crippen LogP contribution >= 0.6 is 0 Å². The van der Waals surface area contributed by atoms with Crippen molar-refractivity contribution in [2.75, 3.05) is 26.4 Å². The van der Waals surface area contributed by atoms with Gasteiger partial charge in [0.15, 0.2) is 11.6 Å². The van der Waals surface area contributed by atoms with Crippen LogP contribution < -0.4 is 0 Å². The molecule has 150 valence electrons. The lowest BCUT2D eigenvalue weighted by Crippen LogP contribution is -2.37. The fraction of sp³-hybridized carbons (Fsp3) is 0.889. The standard InChI is InChI=1S/C18H30O8/c1-15(2)23-11-17(5,25-15)9-21-13(19)7-8-14(20)22-10-18(6)12-24-16(3,4)26-18/h7-12H2,1-6H3/t17-,18-/m1/s1. The Morgan fingerprint density at radius 3 is 1.35 bits per heavy atom. The van der Waals surface area contributed by atoms with E-state index in [1.54, 1.807) is 27.7 Å². The highest BCUT2D eigenvalue weighted by Gasteiger charge is 2.44. The second kappa shape index (κ2) is 7.42. The lowest BCUT2D eigenvalue weighted by Gasteiger charge is -2.25. The third-order valence-electron chi connectivity index (χ3n) is 4.04. The molecule has 0 saturated carbocycles. The van der Waals surface area contributed by atoms with Crippen LogP contribution in [0.5, 0.6) is 0 Å². The SMILES string of the molecule is CC1(C)OC[C@@](C)(COC(=O)CCC(=O)OC[C@]2(C)COC(C)(C)O2)O1. The maximum absolute atomic E-state index is 11.8. The van der Waals surface area contributed by atoms with Gasteiger partial charge in [0.2, 0.25) is 0 Å². The van der Waals surface area contributed by atoms with Gasteiger partial charge in [0, 0.05) is 0 Å². The fourth-order valence-corrected chi connectivity index (χ4v) is 2.91. The van der Waals surface area contributed by atoms with Crippen LogP contribution in [-0.2, 0) is 38.0 Å². The highest BCUT2D eigenvalue weighted by Crippen LogP contribution is 2.31. The zero-order valence-corrected chi connectivity index (χ0v) is 16.5. The average Bonchev–Trinajstić information content (AvgIpc) is 2.96. The molecule has 2 heterocycles. The van der Waals surface area contributed by atoms with Crippen molar-refractivity contribution in [2.45, 2.75) is 77.2 Å². The lowest BCUT2D eigenvalue weighted by atomic mass is 10.1. The number of carbonyl (C=O) groups excluding carboxylic acids is 2. The van der Waals surface area contributed by atoms with Gasteiger partial charge in [-0.3, -0.25) is 9.59 Å². The van der Waals surface area contributed by atoms with Crippen molar-refractivity contribution in [3.8, 4) is 0 Å². The predicted octanol–water partition coefficient (Wildman–Crippen LogP) is 1.94. The molecule has 2 rings (SSSR count). The summed E-state index contributed by atoms with van der Waals surface area (Å²) in [4.78, 5) is 23.7. The first kappa shape index (κ1) is 21.1. The topological polar surface area (TPSA) is 89.5 Å². The first-order valence-electron chi connectivity index (χ1n) is 8.82. The maximum Gasteiger partial charge on any atom is 0.306 e. The minimum Gasteiger partial charge on any atom is -0.462 e. The van der Waals surface area contributed by atoms with Crippen LogP contribution in [0.1, 0.15) is 54.4 Å². The van der Waals surface area contributed by atoms with Gasteiger partial charge in [-0.2, -0.15) is 0 Å². The molecule has 26 heavy (non-hydrogen) atoms. The molecule has 2 aliphatic rings. The third-order valence-corrected chi connectivity index (χ3v) is 4.04. The zero-order valence-electron chi connectivity index (χ0n) is 16.5. The Morgan fingerprint density at radius 2 is 1.08 bits per heavy atom. The minimum absolute atomic E-state index is 0.0568. The van der Waals surface area contributed by atoms with Crippen molar-refractivity contribution < 1.29 is 38.0 Å². The summed E-state index contributed by atoms with van der Waals surface area (Å²) in [5, 5.41) is 0. The van der Waals surface area contributed by atoms with E-state index in [1.165, 1.54) is 0 Å². The molecule has 2 atom stereocenters. The van der Waals surface area contributed by atoms with Crippen LogP contribution in [0.2, 0.25) is 0 Å². The normalized spacial score (nSPS) is 32.4. The molecule has 0 aromatic rings. The smallest absolute Gasteiger partial charge is 0.306 e. The van der Waals surface area contributed by atoms with Gasteiger partial charge in [0.05, 0.1) is 26.1 Å². The van der Waals surface area contributed by atoms with E-state index in [9.17, 15) is 9.59 Å². The fourth-order valence-electron chi connectivity index (χ4n) is 2.91. The quantitative estimate of drug-likeness (QED) is 0.625. The molecule has 2 aliphatic heterocycles. The zero-order chi connectivity index (χ0) is 19.6. The molecule has 0 radical (unpaired) electrons. The Kier molecular flexibility index (Phi) is 6.02. The van der Waals surface area contributed by atoms with Crippen molar-refractivity contribution in [1.29, 1.82) is 0 Å². The Bertz CT molecular complexity index is 495. The first-order chi connectivity index (χ1) is 11.8. The van der Waals surface area contributed by atoms with E-state index < -0.39 is 34.7 Å². The first-order valence-corrected chi connectivity index (χ1v) is 8.82. The number of hydrogen-bond donors (Lipinski definition) is 0. The van der Waals surface area contributed by atoms with Crippen molar-refractivity contribution in [1.82, 2.24) is 0 Å². The van der Waals surface area contributed by atoms with Gasteiger partial charge in [0.1, 0.15) is 24.4 Å². The minimum atomic E-state index is -0.693. The van der Waals surface area contributed by atoms with Crippen molar-refractivity contribution in [3.63, 3.8) is 0 Å². The van der Waals surface area contributed by atoms with Gasteiger partial charge in [0.25, 0.3) is 0 Å². The van der Waals surface area contributed by atoms with Crippen LogP contribution in [0.4, 0.5) is 0 Å². The van der Waals surface area contributed by atoms with Crippen LogP contribution in [-0.4, -0.2) is 61.1 Å². The van der Waals surface area contributed by atoms with Crippen LogP contribution in [0.15, 0.2) is 0 Å². The number of ether oxygens (including phenoxy) is 6. The molecule has 2 saturated heterocycles. The van der Waals surface area contributed by atoms with Gasteiger partial charge in [-0.25, -0.2) is 0 Å². The summed E-state index contributed by atoms with van der Waals surface area (Å²) >= 11 is 0. The summed E-state index contributed by atoms with van der Waals surface area (Å²) in [6, 6.07) is 0. The van der Waals surface area contributed by atoms with Crippen LogP contribution in [0, 0.1) is 0 Å². The molecule has 0 N–H and O–H groups in total. The van der Waals surface area contributed by atoms with Gasteiger partial charge >= 0.3 is 11.9 Å². The summed E-state index contributed by atoms with van der Waals surface area (Å²) in [5.41, 5.74) is -1.36. The summed E-state index contributed by atoms with van der Waals surface area (Å²) in [6.07, 6.45) is -0.114. The van der Waals surface area contributed by atoms with Crippen LogP contribution in [0.3, 0.4) is 0 Å². The molecular weight excluding hydrogens is 344 g/mol. The molecule has 0 aromatic carbocycles. The van der Waals surface area contributed by atoms with E-state index in [1.807, 2.05) is 13.8 Å². The van der Waals surface area contributed by atoms with E-state index in [0.29, 0.717) is 13.2 Å². The molecule has 0 bridgehead atoms. The molecule has 0 spiro atoms. The van der Waals surface area contributed by atoms with Gasteiger partial charge in [-0.15, -0.1) is 0 Å². The summed E-state index contributed by atoms with van der Waals surface area (Å²) < 4.78 is 32.8. The van der Waals surface area contributed by atoms with Gasteiger partial charge in [-0.1, -0.05) is 0 Å². The maximum atomic E-state index is 11.8. The lowest BCUT2D eigenvalue weighted by molar-refractivity contribution is -0.178. The second-order valence-corrected chi connectivity index (χ2v) is 8.30. The Balaban J connectivity index is 1.64. The molecule has 0 aromatic heterocycles. The van der Waals surface area contributed by atoms with Gasteiger partial charge < -0.3 is 28.4 Å². The summed E-state index contributed by atoms with van der Waals surface area (Å²) in [7, 11) is 0. The second-order valence-electron chi connectivity index (χ2n) is 8.30. The number of hydrogen-bond acceptors (Lipinski definition) is 8. The van der Waals surface area contributed by atoms with E-state index in [4.69, 9.17) is 28.4 Å². The molecule has 0 aliphatic carbocycles. The monoisotopic (exact) mass is 374 g/mol. The van der Waals surface area contributed by atoms with E-state index in [0.717, 1.165) is 0 Å². The number of rotatable bonds is 7. The Hall–Kier alpha value is -1.22. The molecule has 0 unspecified atom stereocenters. The summed E-state index contributed by atoms with van der Waals surface area (Å²) in [5.74, 6) is -2.35. The predicted molar refractivity (Wildman–Crippen MR) is 90.2 cm³/mol. The Labute approximate surface area is 154 Å².